The van der Waals surface area contributed by atoms with Gasteiger partial charge in [0, 0.05) is 37.8 Å². The molecule has 7 heteroatoms. The number of hydrogen-bond donors (Lipinski definition) is 1. The average Bonchev–Trinajstić information content (AvgIpc) is 2.85. The van der Waals surface area contributed by atoms with Crippen LogP contribution in [0.25, 0.3) is 0 Å². The summed E-state index contributed by atoms with van der Waals surface area (Å²) in [5.74, 6) is 0.765. The van der Waals surface area contributed by atoms with E-state index in [1.54, 1.807) is 0 Å². The highest BCUT2D eigenvalue weighted by molar-refractivity contribution is 5.79. The van der Waals surface area contributed by atoms with Crippen molar-refractivity contribution < 1.29 is 18.0 Å². The molecule has 2 heterocycles. The Morgan fingerprint density at radius 1 is 0.882 bits per heavy atom. The molecule has 0 aromatic heterocycles. The number of alkyl halides is 3. The van der Waals surface area contributed by atoms with Gasteiger partial charge in [-0.2, -0.15) is 13.2 Å². The normalized spacial score (nSPS) is 18.7. The average molecular weight is 474 g/mol. The van der Waals surface area contributed by atoms with Crippen molar-refractivity contribution in [3.8, 4) is 0 Å². The third-order valence-electron chi connectivity index (χ3n) is 7.23. The Morgan fingerprint density at radius 2 is 1.53 bits per heavy atom. The molecule has 184 valence electrons. The van der Waals surface area contributed by atoms with Gasteiger partial charge in [-0.1, -0.05) is 30.3 Å². The summed E-state index contributed by atoms with van der Waals surface area (Å²) < 4.78 is 38.3. The van der Waals surface area contributed by atoms with E-state index in [1.165, 1.54) is 30.5 Å². The maximum Gasteiger partial charge on any atom is 0.416 e. The number of likely N-dealkylation sites (tertiary alicyclic amines) is 1. The standard InChI is InChI=1S/C27H34F3N3O/c28-27(29,30)24-6-8-25(9-7-24)33-18-13-23(14-19-33)26(34)31-15-10-21-11-16-32(17-12-21)20-22-4-2-1-3-5-22/h1-9,21,23H,10-20H2,(H,31,34). The fraction of sp³-hybridized carbons (Fsp3) is 0.519. The molecule has 0 unspecified atom stereocenters. The number of halogens is 3. The fourth-order valence-corrected chi connectivity index (χ4v) is 5.08. The van der Waals surface area contributed by atoms with Crippen molar-refractivity contribution in [2.45, 2.75) is 44.8 Å². The molecular weight excluding hydrogens is 439 g/mol. The highest BCUT2D eigenvalue weighted by atomic mass is 19.4. The van der Waals surface area contributed by atoms with E-state index in [-0.39, 0.29) is 11.8 Å². The lowest BCUT2D eigenvalue weighted by Crippen LogP contribution is -2.41. The van der Waals surface area contributed by atoms with Crippen molar-refractivity contribution in [2.24, 2.45) is 11.8 Å². The second kappa shape index (κ2) is 11.3. The van der Waals surface area contributed by atoms with Gasteiger partial charge in [0.05, 0.1) is 5.56 Å². The summed E-state index contributed by atoms with van der Waals surface area (Å²) in [6.45, 7) is 5.31. The van der Waals surface area contributed by atoms with Crippen LogP contribution in [0.4, 0.5) is 18.9 Å². The van der Waals surface area contributed by atoms with E-state index < -0.39 is 11.7 Å². The minimum atomic E-state index is -4.32. The molecule has 4 nitrogen and oxygen atoms in total. The molecule has 2 saturated heterocycles. The first kappa shape index (κ1) is 24.6. The second-order valence-electron chi connectivity index (χ2n) is 9.59. The monoisotopic (exact) mass is 473 g/mol. The van der Waals surface area contributed by atoms with Gasteiger partial charge in [0.15, 0.2) is 0 Å². The molecule has 1 amide bonds. The lowest BCUT2D eigenvalue weighted by Gasteiger charge is -2.33. The van der Waals surface area contributed by atoms with Gasteiger partial charge in [-0.3, -0.25) is 9.69 Å². The minimum absolute atomic E-state index is 0.0154. The Morgan fingerprint density at radius 3 is 2.15 bits per heavy atom. The summed E-state index contributed by atoms with van der Waals surface area (Å²) in [6.07, 6.45) is 0.510. The number of benzene rings is 2. The van der Waals surface area contributed by atoms with Crippen LogP contribution in [0.1, 0.15) is 43.2 Å². The third kappa shape index (κ3) is 6.75. The molecule has 0 atom stereocenters. The second-order valence-corrected chi connectivity index (χ2v) is 9.59. The predicted molar refractivity (Wildman–Crippen MR) is 128 cm³/mol. The number of anilines is 1. The van der Waals surface area contributed by atoms with Crippen LogP contribution >= 0.6 is 0 Å². The summed E-state index contributed by atoms with van der Waals surface area (Å²) in [6, 6.07) is 15.9. The van der Waals surface area contributed by atoms with E-state index >= 15 is 0 Å². The number of amides is 1. The lowest BCUT2D eigenvalue weighted by molar-refractivity contribution is -0.137. The van der Waals surface area contributed by atoms with E-state index in [9.17, 15) is 18.0 Å². The molecule has 2 aliphatic heterocycles. The van der Waals surface area contributed by atoms with Crippen molar-refractivity contribution in [3.05, 3.63) is 65.7 Å². The van der Waals surface area contributed by atoms with E-state index in [0.29, 0.717) is 19.0 Å². The lowest BCUT2D eigenvalue weighted by atomic mass is 9.92. The van der Waals surface area contributed by atoms with E-state index in [0.717, 1.165) is 63.3 Å². The third-order valence-corrected chi connectivity index (χ3v) is 7.23. The largest absolute Gasteiger partial charge is 0.416 e. The van der Waals surface area contributed by atoms with Gasteiger partial charge >= 0.3 is 6.18 Å². The Kier molecular flexibility index (Phi) is 8.14. The van der Waals surface area contributed by atoms with E-state index in [2.05, 4.69) is 39.4 Å². The molecule has 2 aliphatic rings. The molecule has 34 heavy (non-hydrogen) atoms. The van der Waals surface area contributed by atoms with Crippen LogP contribution < -0.4 is 10.2 Å². The summed E-state index contributed by atoms with van der Waals surface area (Å²) >= 11 is 0. The van der Waals surface area contributed by atoms with Crippen molar-refractivity contribution >= 4 is 11.6 Å². The molecule has 1 N–H and O–H groups in total. The van der Waals surface area contributed by atoms with Crippen molar-refractivity contribution in [1.82, 2.24) is 10.2 Å². The van der Waals surface area contributed by atoms with E-state index in [4.69, 9.17) is 0 Å². The zero-order valence-electron chi connectivity index (χ0n) is 19.6. The number of piperidine rings is 2. The van der Waals surface area contributed by atoms with Crippen LogP contribution in [0.5, 0.6) is 0 Å². The Hall–Kier alpha value is -2.54. The molecule has 0 spiro atoms. The molecule has 2 aromatic carbocycles. The zero-order valence-corrected chi connectivity index (χ0v) is 19.6. The van der Waals surface area contributed by atoms with Gasteiger partial charge < -0.3 is 10.2 Å². The van der Waals surface area contributed by atoms with Gasteiger partial charge in [0.2, 0.25) is 5.91 Å². The van der Waals surface area contributed by atoms with Crippen LogP contribution in [-0.2, 0) is 17.5 Å². The quantitative estimate of drug-likeness (QED) is 0.590. The fourth-order valence-electron chi connectivity index (χ4n) is 5.08. The predicted octanol–water partition coefficient (Wildman–Crippen LogP) is 5.34. The number of carbonyl (C=O) groups is 1. The number of rotatable bonds is 7. The van der Waals surface area contributed by atoms with Gasteiger partial charge in [0.1, 0.15) is 0 Å². The molecule has 0 radical (unpaired) electrons. The highest BCUT2D eigenvalue weighted by Gasteiger charge is 2.31. The van der Waals surface area contributed by atoms with Crippen molar-refractivity contribution in [1.29, 1.82) is 0 Å². The van der Waals surface area contributed by atoms with Crippen LogP contribution in [0.3, 0.4) is 0 Å². The Labute approximate surface area is 200 Å². The summed E-state index contributed by atoms with van der Waals surface area (Å²) in [4.78, 5) is 17.2. The van der Waals surface area contributed by atoms with Gasteiger partial charge in [-0.05, 0) is 80.9 Å². The summed E-state index contributed by atoms with van der Waals surface area (Å²) in [5, 5.41) is 3.13. The zero-order chi connectivity index (χ0) is 24.0. The van der Waals surface area contributed by atoms with Gasteiger partial charge in [-0.25, -0.2) is 0 Å². The van der Waals surface area contributed by atoms with Gasteiger partial charge in [-0.15, -0.1) is 0 Å². The SMILES string of the molecule is O=C(NCCC1CCN(Cc2ccccc2)CC1)C1CCN(c2ccc(C(F)(F)F)cc2)CC1. The molecular formula is C27H34F3N3O. The number of nitrogens with zero attached hydrogens (tertiary/aromatic N) is 2. The summed E-state index contributed by atoms with van der Waals surface area (Å²) in [5.41, 5.74) is 1.51. The van der Waals surface area contributed by atoms with Crippen LogP contribution in [0, 0.1) is 11.8 Å². The van der Waals surface area contributed by atoms with Crippen LogP contribution in [0.2, 0.25) is 0 Å². The number of carbonyl (C=O) groups excluding carboxylic acids is 1. The topological polar surface area (TPSA) is 35.6 Å². The molecule has 0 aliphatic carbocycles. The van der Waals surface area contributed by atoms with Crippen molar-refractivity contribution in [3.63, 3.8) is 0 Å². The Balaban J connectivity index is 1.12. The van der Waals surface area contributed by atoms with Crippen molar-refractivity contribution in [2.75, 3.05) is 37.6 Å². The van der Waals surface area contributed by atoms with Crippen LogP contribution in [0.15, 0.2) is 54.6 Å². The first-order valence-electron chi connectivity index (χ1n) is 12.3. The van der Waals surface area contributed by atoms with Crippen LogP contribution in [-0.4, -0.2) is 43.5 Å². The maximum atomic E-state index is 12.8. The first-order valence-corrected chi connectivity index (χ1v) is 12.3. The molecule has 4 rings (SSSR count). The molecule has 2 aromatic rings. The highest BCUT2D eigenvalue weighted by Crippen LogP contribution is 2.31. The first-order chi connectivity index (χ1) is 16.4. The van der Waals surface area contributed by atoms with Gasteiger partial charge in [0.25, 0.3) is 0 Å². The number of hydrogen-bond acceptors (Lipinski definition) is 3. The van der Waals surface area contributed by atoms with E-state index in [1.807, 2.05) is 6.07 Å². The molecule has 0 saturated carbocycles. The minimum Gasteiger partial charge on any atom is -0.371 e. The number of nitrogens with one attached hydrogen (secondary N) is 1. The Bertz CT molecular complexity index is 901. The molecule has 2 fully saturated rings. The molecule has 0 bridgehead atoms. The smallest absolute Gasteiger partial charge is 0.371 e. The summed E-state index contributed by atoms with van der Waals surface area (Å²) in [7, 11) is 0. The maximum absolute atomic E-state index is 12.8.